The number of carbonyl (C=O) groups excluding carboxylic acids is 1. The molecule has 8 heteroatoms. The van der Waals surface area contributed by atoms with E-state index in [0.29, 0.717) is 5.96 Å². The second kappa shape index (κ2) is 7.26. The van der Waals surface area contributed by atoms with Crippen LogP contribution in [0.25, 0.3) is 0 Å². The van der Waals surface area contributed by atoms with Gasteiger partial charge in [0.2, 0.25) is 11.9 Å². The molecule has 0 saturated carbocycles. The fraction of sp³-hybridized carbons (Fsp3) is 0.600. The van der Waals surface area contributed by atoms with Gasteiger partial charge in [-0.1, -0.05) is 0 Å². The number of amides is 1. The highest BCUT2D eigenvalue weighted by molar-refractivity contribution is 5.84. The van der Waals surface area contributed by atoms with Crippen LogP contribution in [0.5, 0.6) is 0 Å². The van der Waals surface area contributed by atoms with Crippen molar-refractivity contribution < 1.29 is 4.79 Å². The number of rotatable bonds is 3. The zero-order valence-electron chi connectivity index (χ0n) is 13.3. The number of likely N-dealkylation sites (tertiary alicyclic amines) is 1. The molecule has 2 fully saturated rings. The van der Waals surface area contributed by atoms with E-state index in [4.69, 9.17) is 5.73 Å². The van der Waals surface area contributed by atoms with Crippen LogP contribution in [-0.4, -0.2) is 77.4 Å². The van der Waals surface area contributed by atoms with Gasteiger partial charge in [0.05, 0.1) is 0 Å². The molecule has 0 radical (unpaired) electrons. The van der Waals surface area contributed by atoms with Crippen LogP contribution in [0.4, 0.5) is 5.95 Å². The molecule has 2 aliphatic rings. The maximum absolute atomic E-state index is 12.0. The van der Waals surface area contributed by atoms with Gasteiger partial charge in [-0.05, 0) is 18.9 Å². The highest BCUT2D eigenvalue weighted by Gasteiger charge is 2.21. The SMILES string of the molecule is NC(=NCC(=O)N1CCCC1)N1CCN(c2ncccn2)CC1. The molecule has 0 aromatic carbocycles. The number of nitrogens with two attached hydrogens (primary N) is 1. The molecular formula is C15H23N7O. The lowest BCUT2D eigenvalue weighted by molar-refractivity contribution is -0.128. The Bertz CT molecular complexity index is 548. The molecule has 3 heterocycles. The molecule has 2 saturated heterocycles. The van der Waals surface area contributed by atoms with Crippen LogP contribution >= 0.6 is 0 Å². The van der Waals surface area contributed by atoms with E-state index in [1.807, 2.05) is 15.9 Å². The van der Waals surface area contributed by atoms with E-state index in [9.17, 15) is 4.79 Å². The van der Waals surface area contributed by atoms with E-state index in [0.717, 1.165) is 58.1 Å². The number of aromatic nitrogens is 2. The Morgan fingerprint density at radius 3 is 2.35 bits per heavy atom. The predicted molar refractivity (Wildman–Crippen MR) is 88.1 cm³/mol. The van der Waals surface area contributed by atoms with E-state index in [-0.39, 0.29) is 12.5 Å². The Morgan fingerprint density at radius 2 is 1.70 bits per heavy atom. The van der Waals surface area contributed by atoms with E-state index in [2.05, 4.69) is 19.9 Å². The average molecular weight is 317 g/mol. The number of hydrogen-bond donors (Lipinski definition) is 1. The Kier molecular flexibility index (Phi) is 4.89. The molecule has 2 N–H and O–H groups in total. The Hall–Kier alpha value is -2.38. The molecule has 0 bridgehead atoms. The molecule has 1 aromatic heterocycles. The highest BCUT2D eigenvalue weighted by Crippen LogP contribution is 2.10. The molecule has 3 rings (SSSR count). The Morgan fingerprint density at radius 1 is 1.04 bits per heavy atom. The van der Waals surface area contributed by atoms with Crippen LogP contribution in [0.2, 0.25) is 0 Å². The largest absolute Gasteiger partial charge is 0.370 e. The number of guanidine groups is 1. The summed E-state index contributed by atoms with van der Waals surface area (Å²) >= 11 is 0. The first kappa shape index (κ1) is 15.5. The number of anilines is 1. The van der Waals surface area contributed by atoms with Crippen molar-refractivity contribution in [1.82, 2.24) is 19.8 Å². The standard InChI is InChI=1S/C15H23N7O/c16-14(19-12-13(23)20-6-1-2-7-20)21-8-10-22(11-9-21)15-17-4-3-5-18-15/h3-5H,1-2,6-12H2,(H2,16,19). The lowest BCUT2D eigenvalue weighted by atomic mass is 10.3. The fourth-order valence-corrected chi connectivity index (χ4v) is 2.91. The van der Waals surface area contributed by atoms with Gasteiger partial charge in [-0.2, -0.15) is 0 Å². The quantitative estimate of drug-likeness (QED) is 0.599. The normalized spacial score (nSPS) is 19.3. The third-order valence-electron chi connectivity index (χ3n) is 4.27. The predicted octanol–water partition coefficient (Wildman–Crippen LogP) is -0.464. The number of nitrogens with zero attached hydrogens (tertiary/aromatic N) is 6. The molecule has 0 unspecified atom stereocenters. The third kappa shape index (κ3) is 3.88. The van der Waals surface area contributed by atoms with Crippen molar-refractivity contribution in [2.75, 3.05) is 50.7 Å². The summed E-state index contributed by atoms with van der Waals surface area (Å²) in [5, 5.41) is 0. The van der Waals surface area contributed by atoms with Crippen molar-refractivity contribution in [2.24, 2.45) is 10.7 Å². The van der Waals surface area contributed by atoms with Gasteiger partial charge in [-0.15, -0.1) is 0 Å². The minimum atomic E-state index is 0.0711. The van der Waals surface area contributed by atoms with Gasteiger partial charge in [0.15, 0.2) is 5.96 Å². The van der Waals surface area contributed by atoms with Gasteiger partial charge in [-0.25, -0.2) is 15.0 Å². The maximum atomic E-state index is 12.0. The summed E-state index contributed by atoms with van der Waals surface area (Å²) in [6, 6.07) is 1.81. The molecule has 0 aliphatic carbocycles. The van der Waals surface area contributed by atoms with Crippen LogP contribution in [0, 0.1) is 0 Å². The minimum Gasteiger partial charge on any atom is -0.370 e. The van der Waals surface area contributed by atoms with Gasteiger partial charge in [0.1, 0.15) is 6.54 Å². The van der Waals surface area contributed by atoms with Gasteiger partial charge in [0, 0.05) is 51.7 Å². The summed E-state index contributed by atoms with van der Waals surface area (Å²) in [5.41, 5.74) is 6.03. The Labute approximate surface area is 136 Å². The number of hydrogen-bond acceptors (Lipinski definition) is 5. The minimum absolute atomic E-state index is 0.0711. The Balaban J connectivity index is 1.48. The van der Waals surface area contributed by atoms with Crippen LogP contribution in [-0.2, 0) is 4.79 Å². The maximum Gasteiger partial charge on any atom is 0.244 e. The van der Waals surface area contributed by atoms with Crippen molar-refractivity contribution in [1.29, 1.82) is 0 Å². The number of piperazine rings is 1. The summed E-state index contributed by atoms with van der Waals surface area (Å²) in [4.78, 5) is 30.8. The second-order valence-electron chi connectivity index (χ2n) is 5.79. The van der Waals surface area contributed by atoms with E-state index < -0.39 is 0 Å². The molecule has 124 valence electrons. The number of carbonyl (C=O) groups is 1. The second-order valence-corrected chi connectivity index (χ2v) is 5.79. The van der Waals surface area contributed by atoms with Gasteiger partial charge in [0.25, 0.3) is 0 Å². The smallest absolute Gasteiger partial charge is 0.244 e. The molecule has 1 amide bonds. The van der Waals surface area contributed by atoms with E-state index in [1.165, 1.54) is 0 Å². The van der Waals surface area contributed by atoms with Gasteiger partial charge < -0.3 is 20.4 Å². The fourth-order valence-electron chi connectivity index (χ4n) is 2.91. The molecular weight excluding hydrogens is 294 g/mol. The lowest BCUT2D eigenvalue weighted by Crippen LogP contribution is -2.51. The van der Waals surface area contributed by atoms with Crippen molar-refractivity contribution in [3.63, 3.8) is 0 Å². The van der Waals surface area contributed by atoms with E-state index >= 15 is 0 Å². The van der Waals surface area contributed by atoms with Crippen molar-refractivity contribution in [2.45, 2.75) is 12.8 Å². The summed E-state index contributed by atoms with van der Waals surface area (Å²) in [5.74, 6) is 1.26. The summed E-state index contributed by atoms with van der Waals surface area (Å²) in [6.45, 7) is 4.94. The third-order valence-corrected chi connectivity index (χ3v) is 4.27. The van der Waals surface area contributed by atoms with Crippen LogP contribution in [0.1, 0.15) is 12.8 Å². The zero-order valence-corrected chi connectivity index (χ0v) is 13.3. The molecule has 1 aromatic rings. The monoisotopic (exact) mass is 317 g/mol. The summed E-state index contributed by atoms with van der Waals surface area (Å²) < 4.78 is 0. The van der Waals surface area contributed by atoms with Crippen LogP contribution in [0.3, 0.4) is 0 Å². The van der Waals surface area contributed by atoms with Crippen molar-refractivity contribution >= 4 is 17.8 Å². The van der Waals surface area contributed by atoms with Crippen molar-refractivity contribution in [3.8, 4) is 0 Å². The topological polar surface area (TPSA) is 91.0 Å². The molecule has 8 nitrogen and oxygen atoms in total. The first-order valence-electron chi connectivity index (χ1n) is 8.08. The van der Waals surface area contributed by atoms with Crippen LogP contribution in [0.15, 0.2) is 23.5 Å². The average Bonchev–Trinajstić information content (AvgIpc) is 3.15. The first-order valence-corrected chi connectivity index (χ1v) is 8.08. The summed E-state index contributed by atoms with van der Waals surface area (Å²) in [7, 11) is 0. The van der Waals surface area contributed by atoms with Crippen molar-refractivity contribution in [3.05, 3.63) is 18.5 Å². The molecule has 23 heavy (non-hydrogen) atoms. The molecule has 0 spiro atoms. The molecule has 2 aliphatic heterocycles. The van der Waals surface area contributed by atoms with Gasteiger partial charge >= 0.3 is 0 Å². The van der Waals surface area contributed by atoms with Gasteiger partial charge in [-0.3, -0.25) is 4.79 Å². The van der Waals surface area contributed by atoms with E-state index in [1.54, 1.807) is 12.4 Å². The zero-order chi connectivity index (χ0) is 16.1. The number of aliphatic imine (C=N–C) groups is 1. The first-order chi connectivity index (χ1) is 11.2. The van der Waals surface area contributed by atoms with Crippen LogP contribution < -0.4 is 10.6 Å². The lowest BCUT2D eigenvalue weighted by Gasteiger charge is -2.35. The highest BCUT2D eigenvalue weighted by atomic mass is 16.2. The summed E-state index contributed by atoms with van der Waals surface area (Å²) in [6.07, 6.45) is 5.67. The molecule has 0 atom stereocenters.